The highest BCUT2D eigenvalue weighted by molar-refractivity contribution is 6.31. The lowest BCUT2D eigenvalue weighted by Gasteiger charge is -2.41. The van der Waals surface area contributed by atoms with Gasteiger partial charge in [0, 0.05) is 43.3 Å². The number of aryl methyl sites for hydroxylation is 1. The van der Waals surface area contributed by atoms with E-state index < -0.39 is 0 Å². The fourth-order valence-electron chi connectivity index (χ4n) is 3.61. The summed E-state index contributed by atoms with van der Waals surface area (Å²) in [6.07, 6.45) is 2.69. The Labute approximate surface area is 126 Å². The molecule has 2 N–H and O–H groups in total. The molecule has 2 atom stereocenters. The molecule has 4 heteroatoms. The van der Waals surface area contributed by atoms with Crippen LogP contribution in [0.1, 0.15) is 30.0 Å². The fourth-order valence-corrected chi connectivity index (χ4v) is 3.80. The molecule has 3 nitrogen and oxygen atoms in total. The monoisotopic (exact) mass is 293 g/mol. The van der Waals surface area contributed by atoms with Crippen LogP contribution in [0.25, 0.3) is 0 Å². The molecule has 0 saturated carbocycles. The van der Waals surface area contributed by atoms with Crippen molar-refractivity contribution in [1.29, 1.82) is 0 Å². The van der Waals surface area contributed by atoms with Gasteiger partial charge in [-0.1, -0.05) is 23.7 Å². The van der Waals surface area contributed by atoms with Crippen LogP contribution in [0.5, 0.6) is 0 Å². The lowest BCUT2D eigenvalue weighted by Crippen LogP contribution is -2.52. The number of piperazine rings is 1. The van der Waals surface area contributed by atoms with E-state index in [0.717, 1.165) is 29.7 Å². The number of rotatable bonds is 3. The quantitative estimate of drug-likeness (QED) is 0.929. The van der Waals surface area contributed by atoms with Gasteiger partial charge in [0.2, 0.25) is 0 Å². The van der Waals surface area contributed by atoms with Gasteiger partial charge in [-0.3, -0.25) is 9.80 Å². The molecular weight excluding hydrogens is 270 g/mol. The Morgan fingerprint density at radius 2 is 2.20 bits per heavy atom. The number of fused-ring (bicyclic) bond motifs is 1. The van der Waals surface area contributed by atoms with Gasteiger partial charge in [0.25, 0.3) is 0 Å². The number of benzene rings is 1. The Balaban J connectivity index is 1.77. The van der Waals surface area contributed by atoms with Gasteiger partial charge in [-0.25, -0.2) is 0 Å². The third-order valence-electron chi connectivity index (χ3n) is 4.86. The smallest absolute Gasteiger partial charge is 0.0472 e. The highest BCUT2D eigenvalue weighted by atomic mass is 35.5. The maximum atomic E-state index is 6.28. The highest BCUT2D eigenvalue weighted by Crippen LogP contribution is 2.29. The van der Waals surface area contributed by atoms with Crippen LogP contribution in [0.3, 0.4) is 0 Å². The molecule has 2 aliphatic rings. The van der Waals surface area contributed by atoms with Crippen LogP contribution in [-0.2, 0) is 0 Å². The van der Waals surface area contributed by atoms with E-state index in [1.54, 1.807) is 0 Å². The van der Waals surface area contributed by atoms with Gasteiger partial charge in [-0.2, -0.15) is 0 Å². The molecule has 1 aromatic carbocycles. The van der Waals surface area contributed by atoms with E-state index in [9.17, 15) is 0 Å². The Morgan fingerprint density at radius 3 is 2.95 bits per heavy atom. The van der Waals surface area contributed by atoms with Crippen LogP contribution < -0.4 is 5.73 Å². The van der Waals surface area contributed by atoms with Crippen molar-refractivity contribution >= 4 is 11.6 Å². The van der Waals surface area contributed by atoms with Crippen molar-refractivity contribution in [2.45, 2.75) is 31.8 Å². The largest absolute Gasteiger partial charge is 0.329 e. The summed E-state index contributed by atoms with van der Waals surface area (Å²) in [7, 11) is 0. The standard InChI is InChI=1S/C16H24ClN3/c1-12-4-5-13(9-15(12)17)16(10-18)20-8-7-19-6-2-3-14(19)11-20/h4-5,9,14,16H,2-3,6-8,10-11,18H2,1H3. The van der Waals surface area contributed by atoms with Crippen molar-refractivity contribution in [1.82, 2.24) is 9.80 Å². The normalized spacial score (nSPS) is 25.6. The Bertz CT molecular complexity index is 477. The maximum absolute atomic E-state index is 6.28. The van der Waals surface area contributed by atoms with Gasteiger partial charge in [0.1, 0.15) is 0 Å². The van der Waals surface area contributed by atoms with Gasteiger partial charge in [-0.05, 0) is 43.5 Å². The van der Waals surface area contributed by atoms with E-state index in [0.29, 0.717) is 12.6 Å². The molecule has 0 aliphatic carbocycles. The minimum Gasteiger partial charge on any atom is -0.329 e. The van der Waals surface area contributed by atoms with E-state index >= 15 is 0 Å². The van der Waals surface area contributed by atoms with Crippen LogP contribution in [0, 0.1) is 6.92 Å². The lowest BCUT2D eigenvalue weighted by atomic mass is 10.0. The topological polar surface area (TPSA) is 32.5 Å². The molecule has 2 aliphatic heterocycles. The summed E-state index contributed by atoms with van der Waals surface area (Å²) in [5.41, 5.74) is 8.45. The fraction of sp³-hybridized carbons (Fsp3) is 0.625. The zero-order valence-corrected chi connectivity index (χ0v) is 12.9. The molecule has 20 heavy (non-hydrogen) atoms. The molecule has 110 valence electrons. The highest BCUT2D eigenvalue weighted by Gasteiger charge is 2.33. The zero-order chi connectivity index (χ0) is 14.1. The first kappa shape index (κ1) is 14.3. The molecule has 0 aromatic heterocycles. The molecule has 2 unspecified atom stereocenters. The molecule has 0 amide bonds. The molecule has 1 aromatic rings. The predicted octanol–water partition coefficient (Wildman–Crippen LogP) is 2.43. The van der Waals surface area contributed by atoms with Crippen molar-refractivity contribution in [2.75, 3.05) is 32.7 Å². The maximum Gasteiger partial charge on any atom is 0.0472 e. The minimum atomic E-state index is 0.302. The van der Waals surface area contributed by atoms with E-state index in [-0.39, 0.29) is 0 Å². The zero-order valence-electron chi connectivity index (χ0n) is 12.2. The first-order valence-electron chi connectivity index (χ1n) is 7.63. The third kappa shape index (κ3) is 2.73. The number of halogens is 1. The number of nitrogens with zero attached hydrogens (tertiary/aromatic N) is 2. The van der Waals surface area contributed by atoms with Crippen LogP contribution in [-0.4, -0.2) is 48.6 Å². The second-order valence-electron chi connectivity index (χ2n) is 6.09. The van der Waals surface area contributed by atoms with Crippen molar-refractivity contribution in [3.63, 3.8) is 0 Å². The Kier molecular flexibility index (Phi) is 4.32. The lowest BCUT2D eigenvalue weighted by molar-refractivity contribution is 0.0737. The average Bonchev–Trinajstić information content (AvgIpc) is 2.91. The second kappa shape index (κ2) is 6.02. The molecule has 0 spiro atoms. The molecule has 0 bridgehead atoms. The van der Waals surface area contributed by atoms with Gasteiger partial charge in [0.15, 0.2) is 0 Å². The third-order valence-corrected chi connectivity index (χ3v) is 5.27. The Hall–Kier alpha value is -0.610. The van der Waals surface area contributed by atoms with E-state index in [2.05, 4.69) is 28.0 Å². The summed E-state index contributed by atoms with van der Waals surface area (Å²) in [6, 6.07) is 7.41. The van der Waals surface area contributed by atoms with Crippen LogP contribution in [0.15, 0.2) is 18.2 Å². The summed E-state index contributed by atoms with van der Waals surface area (Å²) >= 11 is 6.28. The van der Waals surface area contributed by atoms with E-state index in [1.165, 1.54) is 31.5 Å². The van der Waals surface area contributed by atoms with Crippen LogP contribution in [0.2, 0.25) is 5.02 Å². The SMILES string of the molecule is Cc1ccc(C(CN)N2CCN3CCCC3C2)cc1Cl. The number of hydrogen-bond donors (Lipinski definition) is 1. The van der Waals surface area contributed by atoms with Gasteiger partial charge < -0.3 is 5.73 Å². The predicted molar refractivity (Wildman–Crippen MR) is 84.2 cm³/mol. The summed E-state index contributed by atoms with van der Waals surface area (Å²) < 4.78 is 0. The number of hydrogen-bond acceptors (Lipinski definition) is 3. The van der Waals surface area contributed by atoms with Gasteiger partial charge >= 0.3 is 0 Å². The van der Waals surface area contributed by atoms with Crippen molar-refractivity contribution in [2.24, 2.45) is 5.73 Å². The molecule has 2 heterocycles. The summed E-state index contributed by atoms with van der Waals surface area (Å²) in [6.45, 7) is 7.42. The average molecular weight is 294 g/mol. The van der Waals surface area contributed by atoms with Gasteiger partial charge in [-0.15, -0.1) is 0 Å². The molecule has 0 radical (unpaired) electrons. The van der Waals surface area contributed by atoms with Crippen molar-refractivity contribution in [3.05, 3.63) is 34.3 Å². The molecular formula is C16H24ClN3. The van der Waals surface area contributed by atoms with Crippen LogP contribution in [0.4, 0.5) is 0 Å². The van der Waals surface area contributed by atoms with Crippen molar-refractivity contribution in [3.8, 4) is 0 Å². The summed E-state index contributed by atoms with van der Waals surface area (Å²) in [4.78, 5) is 5.18. The second-order valence-corrected chi connectivity index (χ2v) is 6.49. The summed E-state index contributed by atoms with van der Waals surface area (Å²) in [5, 5.41) is 0.848. The van der Waals surface area contributed by atoms with Crippen LogP contribution >= 0.6 is 11.6 Å². The molecule has 3 rings (SSSR count). The first-order valence-corrected chi connectivity index (χ1v) is 8.01. The van der Waals surface area contributed by atoms with E-state index in [4.69, 9.17) is 17.3 Å². The Morgan fingerprint density at radius 1 is 1.35 bits per heavy atom. The molecule has 2 fully saturated rings. The number of nitrogens with two attached hydrogens (primary N) is 1. The van der Waals surface area contributed by atoms with Gasteiger partial charge in [0.05, 0.1) is 0 Å². The summed E-state index contributed by atoms with van der Waals surface area (Å²) in [5.74, 6) is 0. The molecule has 2 saturated heterocycles. The van der Waals surface area contributed by atoms with E-state index in [1.807, 2.05) is 6.92 Å². The first-order chi connectivity index (χ1) is 9.69. The van der Waals surface area contributed by atoms with Crippen molar-refractivity contribution < 1.29 is 0 Å². The minimum absolute atomic E-state index is 0.302.